The Kier molecular flexibility index (Phi) is 4.50. The minimum Gasteiger partial charge on any atom is -0.347 e. The van der Waals surface area contributed by atoms with Crippen molar-refractivity contribution in [3.8, 4) is 0 Å². The van der Waals surface area contributed by atoms with Gasteiger partial charge in [-0.3, -0.25) is 4.79 Å². The Bertz CT molecular complexity index is 451. The normalized spacial score (nSPS) is 11.4. The van der Waals surface area contributed by atoms with E-state index in [0.717, 1.165) is 4.90 Å². The predicted octanol–water partition coefficient (Wildman–Crippen LogP) is 2.64. The SMILES string of the molecule is CCN(CC(F)(F)F)c1nc(C)nc(Cl)c1C=O. The fourth-order valence-electron chi connectivity index (χ4n) is 1.43. The highest BCUT2D eigenvalue weighted by Crippen LogP contribution is 2.26. The number of aryl methyl sites for hydroxylation is 1. The highest BCUT2D eigenvalue weighted by molar-refractivity contribution is 6.32. The Morgan fingerprint density at radius 2 is 2.00 bits per heavy atom. The Morgan fingerprint density at radius 3 is 2.44 bits per heavy atom. The molecule has 0 atom stereocenters. The van der Waals surface area contributed by atoms with Gasteiger partial charge in [-0.15, -0.1) is 0 Å². The zero-order valence-corrected chi connectivity index (χ0v) is 10.5. The largest absolute Gasteiger partial charge is 0.405 e. The van der Waals surface area contributed by atoms with Crippen molar-refractivity contribution in [2.24, 2.45) is 0 Å². The van der Waals surface area contributed by atoms with Crippen molar-refractivity contribution >= 4 is 23.7 Å². The van der Waals surface area contributed by atoms with Gasteiger partial charge in [0.25, 0.3) is 0 Å². The van der Waals surface area contributed by atoms with Gasteiger partial charge in [0.15, 0.2) is 6.29 Å². The summed E-state index contributed by atoms with van der Waals surface area (Å²) in [4.78, 5) is 19.4. The summed E-state index contributed by atoms with van der Waals surface area (Å²) in [6, 6.07) is 0. The first-order chi connectivity index (χ1) is 8.28. The van der Waals surface area contributed by atoms with Gasteiger partial charge < -0.3 is 4.90 Å². The fraction of sp³-hybridized carbons (Fsp3) is 0.500. The van der Waals surface area contributed by atoms with Crippen molar-refractivity contribution in [2.75, 3.05) is 18.0 Å². The van der Waals surface area contributed by atoms with E-state index in [1.54, 1.807) is 0 Å². The molecule has 0 aliphatic rings. The van der Waals surface area contributed by atoms with E-state index in [-0.39, 0.29) is 28.9 Å². The van der Waals surface area contributed by atoms with Gasteiger partial charge in [-0.05, 0) is 13.8 Å². The van der Waals surface area contributed by atoms with E-state index >= 15 is 0 Å². The molecule has 0 aliphatic heterocycles. The van der Waals surface area contributed by atoms with Crippen molar-refractivity contribution in [3.05, 3.63) is 16.5 Å². The van der Waals surface area contributed by atoms with Gasteiger partial charge in [0.2, 0.25) is 0 Å². The van der Waals surface area contributed by atoms with E-state index in [1.165, 1.54) is 13.8 Å². The number of anilines is 1. The molecule has 1 rings (SSSR count). The van der Waals surface area contributed by atoms with Crippen molar-refractivity contribution in [1.29, 1.82) is 0 Å². The van der Waals surface area contributed by atoms with Crippen LogP contribution in [0.5, 0.6) is 0 Å². The standard InChI is InChI=1S/C10H11ClF3N3O/c1-3-17(5-10(12,13)14)9-7(4-18)8(11)15-6(2)16-9/h4H,3,5H2,1-2H3. The summed E-state index contributed by atoms with van der Waals surface area (Å²) < 4.78 is 37.2. The molecule has 0 bridgehead atoms. The monoisotopic (exact) mass is 281 g/mol. The summed E-state index contributed by atoms with van der Waals surface area (Å²) in [5, 5.41) is -0.145. The molecule has 0 saturated carbocycles. The van der Waals surface area contributed by atoms with Crippen LogP contribution in [0.3, 0.4) is 0 Å². The minimum absolute atomic E-state index is 0.0487. The van der Waals surface area contributed by atoms with Gasteiger partial charge in [-0.2, -0.15) is 13.2 Å². The van der Waals surface area contributed by atoms with Crippen molar-refractivity contribution in [1.82, 2.24) is 9.97 Å². The number of hydrogen-bond acceptors (Lipinski definition) is 4. The number of alkyl halides is 3. The molecule has 100 valence electrons. The van der Waals surface area contributed by atoms with E-state index in [1.807, 2.05) is 0 Å². The fourth-order valence-corrected chi connectivity index (χ4v) is 1.68. The minimum atomic E-state index is -4.39. The van der Waals surface area contributed by atoms with Crippen LogP contribution in [0, 0.1) is 6.92 Å². The third-order valence-electron chi connectivity index (χ3n) is 2.16. The smallest absolute Gasteiger partial charge is 0.347 e. The second-order valence-electron chi connectivity index (χ2n) is 3.55. The Hall–Kier alpha value is -1.37. The molecule has 0 aliphatic carbocycles. The first-order valence-corrected chi connectivity index (χ1v) is 5.47. The number of nitrogens with zero attached hydrogens (tertiary/aromatic N) is 3. The van der Waals surface area contributed by atoms with Crippen LogP contribution in [0.1, 0.15) is 23.1 Å². The van der Waals surface area contributed by atoms with Crippen molar-refractivity contribution in [3.63, 3.8) is 0 Å². The van der Waals surface area contributed by atoms with Crippen molar-refractivity contribution in [2.45, 2.75) is 20.0 Å². The lowest BCUT2D eigenvalue weighted by Gasteiger charge is -2.24. The molecule has 0 unspecified atom stereocenters. The highest BCUT2D eigenvalue weighted by Gasteiger charge is 2.32. The first-order valence-electron chi connectivity index (χ1n) is 5.09. The summed E-state index contributed by atoms with van der Waals surface area (Å²) in [7, 11) is 0. The molecule has 1 aromatic heterocycles. The second-order valence-corrected chi connectivity index (χ2v) is 3.90. The molecule has 0 aromatic carbocycles. The van der Waals surface area contributed by atoms with Crippen LogP contribution >= 0.6 is 11.6 Å². The van der Waals surface area contributed by atoms with Gasteiger partial charge >= 0.3 is 6.18 Å². The summed E-state index contributed by atoms with van der Waals surface area (Å²) in [5.74, 6) is 0.114. The lowest BCUT2D eigenvalue weighted by Crippen LogP contribution is -2.35. The van der Waals surface area contributed by atoms with Crippen LogP contribution in [-0.4, -0.2) is 35.5 Å². The summed E-state index contributed by atoms with van der Waals surface area (Å²) in [5.41, 5.74) is -0.131. The molecule has 0 spiro atoms. The van der Waals surface area contributed by atoms with Crippen LogP contribution in [-0.2, 0) is 0 Å². The zero-order chi connectivity index (χ0) is 13.9. The van der Waals surface area contributed by atoms with Crippen LogP contribution in [0.2, 0.25) is 5.15 Å². The van der Waals surface area contributed by atoms with E-state index in [0.29, 0.717) is 6.29 Å². The van der Waals surface area contributed by atoms with Crippen LogP contribution < -0.4 is 4.90 Å². The Balaban J connectivity index is 3.24. The summed E-state index contributed by atoms with van der Waals surface area (Å²) in [6.45, 7) is 1.88. The van der Waals surface area contributed by atoms with E-state index < -0.39 is 12.7 Å². The molecule has 4 nitrogen and oxygen atoms in total. The Morgan fingerprint density at radius 1 is 1.39 bits per heavy atom. The molecule has 0 saturated heterocycles. The maximum Gasteiger partial charge on any atom is 0.405 e. The number of hydrogen-bond donors (Lipinski definition) is 0. The predicted molar refractivity (Wildman–Crippen MR) is 61.1 cm³/mol. The highest BCUT2D eigenvalue weighted by atomic mass is 35.5. The number of aromatic nitrogens is 2. The Labute approximate surface area is 107 Å². The molecule has 0 amide bonds. The number of aldehydes is 1. The molecule has 0 N–H and O–H groups in total. The molecular weight excluding hydrogens is 271 g/mol. The maximum atomic E-state index is 12.4. The van der Waals surface area contributed by atoms with Gasteiger partial charge in [-0.1, -0.05) is 11.6 Å². The van der Waals surface area contributed by atoms with Gasteiger partial charge in [0.05, 0.1) is 5.56 Å². The molecule has 1 aromatic rings. The first kappa shape index (κ1) is 14.7. The lowest BCUT2D eigenvalue weighted by atomic mass is 10.3. The average Bonchev–Trinajstić information content (AvgIpc) is 2.23. The number of halogens is 4. The second kappa shape index (κ2) is 5.51. The molecule has 8 heteroatoms. The molecular formula is C10H11ClF3N3O. The van der Waals surface area contributed by atoms with Gasteiger partial charge in [-0.25, -0.2) is 9.97 Å². The molecule has 0 fully saturated rings. The van der Waals surface area contributed by atoms with E-state index in [4.69, 9.17) is 11.6 Å². The number of carbonyl (C=O) groups excluding carboxylic acids is 1. The van der Waals surface area contributed by atoms with Crippen molar-refractivity contribution < 1.29 is 18.0 Å². The molecule has 18 heavy (non-hydrogen) atoms. The van der Waals surface area contributed by atoms with Gasteiger partial charge in [0, 0.05) is 6.54 Å². The van der Waals surface area contributed by atoms with E-state index in [2.05, 4.69) is 9.97 Å². The summed E-state index contributed by atoms with van der Waals surface area (Å²) >= 11 is 5.72. The van der Waals surface area contributed by atoms with Crippen LogP contribution in [0.15, 0.2) is 0 Å². The third kappa shape index (κ3) is 3.56. The third-order valence-corrected chi connectivity index (χ3v) is 2.45. The average molecular weight is 282 g/mol. The quantitative estimate of drug-likeness (QED) is 0.629. The van der Waals surface area contributed by atoms with Crippen LogP contribution in [0.4, 0.5) is 19.0 Å². The number of carbonyl (C=O) groups is 1. The maximum absolute atomic E-state index is 12.4. The molecule has 0 radical (unpaired) electrons. The zero-order valence-electron chi connectivity index (χ0n) is 9.75. The number of rotatable bonds is 4. The van der Waals surface area contributed by atoms with E-state index in [9.17, 15) is 18.0 Å². The van der Waals surface area contributed by atoms with Gasteiger partial charge in [0.1, 0.15) is 23.3 Å². The van der Waals surface area contributed by atoms with Crippen LogP contribution in [0.25, 0.3) is 0 Å². The topological polar surface area (TPSA) is 46.1 Å². The lowest BCUT2D eigenvalue weighted by molar-refractivity contribution is -0.119. The molecule has 1 heterocycles. The summed E-state index contributed by atoms with van der Waals surface area (Å²) in [6.07, 6.45) is -4.03.